The van der Waals surface area contributed by atoms with Gasteiger partial charge in [0.1, 0.15) is 23.1 Å². The number of aromatic amines is 1. The highest BCUT2D eigenvalue weighted by molar-refractivity contribution is 7.92. The molecule has 4 rings (SSSR count). The van der Waals surface area contributed by atoms with E-state index < -0.39 is 27.6 Å². The number of anilines is 2. The number of hydrogen-bond donors (Lipinski definition) is 3. The van der Waals surface area contributed by atoms with E-state index in [2.05, 4.69) is 15.0 Å². The van der Waals surface area contributed by atoms with E-state index in [1.54, 1.807) is 36.4 Å². The summed E-state index contributed by atoms with van der Waals surface area (Å²) in [5, 5.41) is 3.37. The molecule has 4 aromatic rings. The number of fused-ring (bicyclic) bond motifs is 1. The second-order valence-electron chi connectivity index (χ2n) is 7.36. The molecule has 0 spiro atoms. The minimum atomic E-state index is -3.53. The van der Waals surface area contributed by atoms with Crippen LogP contribution in [0.15, 0.2) is 60.7 Å². The predicted octanol–water partition coefficient (Wildman–Crippen LogP) is 4.75. The molecule has 7 nitrogen and oxygen atoms in total. The first-order valence-corrected chi connectivity index (χ1v) is 11.6. The first kappa shape index (κ1) is 22.3. The molecule has 0 aliphatic heterocycles. The smallest absolute Gasteiger partial charge is 0.272 e. The van der Waals surface area contributed by atoms with Gasteiger partial charge in [0, 0.05) is 28.2 Å². The summed E-state index contributed by atoms with van der Waals surface area (Å²) in [5.74, 6) is -1.54. The van der Waals surface area contributed by atoms with E-state index in [0.29, 0.717) is 27.9 Å². The molecule has 0 aliphatic rings. The topological polar surface area (TPSA) is 100 Å². The molecule has 1 aromatic heterocycles. The zero-order valence-electron chi connectivity index (χ0n) is 17.6. The van der Waals surface area contributed by atoms with Gasteiger partial charge in [-0.05, 0) is 48.0 Å². The fourth-order valence-corrected chi connectivity index (χ4v) is 3.98. The molecule has 0 saturated heterocycles. The molecule has 1 amide bonds. The fourth-order valence-electron chi connectivity index (χ4n) is 3.42. The SMILES string of the molecule is COc1cc2cc(C(=O)Nc3cccc(-c4ccc(F)cc4F)c3)[nH]c2cc1NS(C)(=O)=O. The van der Waals surface area contributed by atoms with Crippen molar-refractivity contribution in [2.75, 3.05) is 23.4 Å². The van der Waals surface area contributed by atoms with E-state index in [1.165, 1.54) is 19.2 Å². The van der Waals surface area contributed by atoms with Crippen LogP contribution in [0.25, 0.3) is 22.0 Å². The number of carbonyl (C=O) groups is 1. The zero-order valence-corrected chi connectivity index (χ0v) is 18.4. The number of H-pyrrole nitrogens is 1. The van der Waals surface area contributed by atoms with Gasteiger partial charge in [0.2, 0.25) is 10.0 Å². The predicted molar refractivity (Wildman–Crippen MR) is 123 cm³/mol. The number of amides is 1. The van der Waals surface area contributed by atoms with Crippen LogP contribution in [0, 0.1) is 11.6 Å². The van der Waals surface area contributed by atoms with Crippen LogP contribution in [0.2, 0.25) is 0 Å². The minimum Gasteiger partial charge on any atom is -0.495 e. The van der Waals surface area contributed by atoms with Gasteiger partial charge < -0.3 is 15.0 Å². The summed E-state index contributed by atoms with van der Waals surface area (Å²) >= 11 is 0. The monoisotopic (exact) mass is 471 g/mol. The molecule has 0 radical (unpaired) electrons. The van der Waals surface area contributed by atoms with E-state index in [4.69, 9.17) is 4.74 Å². The fraction of sp³-hybridized carbons (Fsp3) is 0.0870. The average molecular weight is 471 g/mol. The largest absolute Gasteiger partial charge is 0.495 e. The molecule has 0 unspecified atom stereocenters. The Morgan fingerprint density at radius 1 is 1.03 bits per heavy atom. The summed E-state index contributed by atoms with van der Waals surface area (Å²) < 4.78 is 58.2. The Hall–Kier alpha value is -3.92. The van der Waals surface area contributed by atoms with E-state index in [0.717, 1.165) is 18.4 Å². The molecule has 0 fully saturated rings. The quantitative estimate of drug-likeness (QED) is 0.378. The van der Waals surface area contributed by atoms with Gasteiger partial charge in [0.05, 0.1) is 19.1 Å². The van der Waals surface area contributed by atoms with E-state index in [9.17, 15) is 22.0 Å². The van der Waals surface area contributed by atoms with Gasteiger partial charge in [-0.1, -0.05) is 12.1 Å². The number of halogens is 2. The van der Waals surface area contributed by atoms with Crippen LogP contribution in [0.4, 0.5) is 20.2 Å². The summed E-state index contributed by atoms with van der Waals surface area (Å²) in [4.78, 5) is 15.8. The average Bonchev–Trinajstić information content (AvgIpc) is 3.15. The second kappa shape index (κ2) is 8.55. The van der Waals surface area contributed by atoms with Crippen molar-refractivity contribution >= 4 is 38.2 Å². The van der Waals surface area contributed by atoms with Gasteiger partial charge in [-0.25, -0.2) is 17.2 Å². The number of hydrogen-bond acceptors (Lipinski definition) is 4. The Balaban J connectivity index is 1.61. The third-order valence-electron chi connectivity index (χ3n) is 4.84. The van der Waals surface area contributed by atoms with Crippen molar-refractivity contribution in [2.24, 2.45) is 0 Å². The molecule has 3 aromatic carbocycles. The lowest BCUT2D eigenvalue weighted by atomic mass is 10.0. The number of ether oxygens (including phenoxy) is 1. The van der Waals surface area contributed by atoms with Crippen molar-refractivity contribution in [1.29, 1.82) is 0 Å². The molecule has 0 saturated carbocycles. The molecule has 33 heavy (non-hydrogen) atoms. The van der Waals surface area contributed by atoms with Crippen LogP contribution in [-0.2, 0) is 10.0 Å². The van der Waals surface area contributed by atoms with Crippen LogP contribution in [0.3, 0.4) is 0 Å². The standard InChI is InChI=1S/C23H19F2N3O4S/c1-32-22-10-14-9-21(27-19(14)12-20(22)28-33(2,30)31)23(29)26-16-5-3-4-13(8-16)17-7-6-15(24)11-18(17)25/h3-12,27-28H,1-2H3,(H,26,29). The first-order valence-electron chi connectivity index (χ1n) is 9.68. The van der Waals surface area contributed by atoms with Gasteiger partial charge in [0.25, 0.3) is 5.91 Å². The lowest BCUT2D eigenvalue weighted by molar-refractivity contribution is 0.102. The molecule has 10 heteroatoms. The maximum atomic E-state index is 14.1. The van der Waals surface area contributed by atoms with Crippen LogP contribution in [-0.4, -0.2) is 32.7 Å². The normalized spacial score (nSPS) is 11.4. The minimum absolute atomic E-state index is 0.205. The highest BCUT2D eigenvalue weighted by Crippen LogP contribution is 2.32. The number of sulfonamides is 1. The summed E-state index contributed by atoms with van der Waals surface area (Å²) in [5.41, 5.74) is 2.07. The van der Waals surface area contributed by atoms with Crippen molar-refractivity contribution in [1.82, 2.24) is 4.98 Å². The molecule has 0 bridgehead atoms. The van der Waals surface area contributed by atoms with E-state index in [-0.39, 0.29) is 16.9 Å². The van der Waals surface area contributed by atoms with Gasteiger partial charge in [-0.15, -0.1) is 0 Å². The Labute approximate surface area is 188 Å². The molecular weight excluding hydrogens is 452 g/mol. The Morgan fingerprint density at radius 2 is 1.82 bits per heavy atom. The van der Waals surface area contributed by atoms with E-state index >= 15 is 0 Å². The lowest BCUT2D eigenvalue weighted by Gasteiger charge is -2.09. The van der Waals surface area contributed by atoms with Gasteiger partial charge in [-0.2, -0.15) is 0 Å². The highest BCUT2D eigenvalue weighted by Gasteiger charge is 2.15. The van der Waals surface area contributed by atoms with Crippen molar-refractivity contribution in [3.05, 3.63) is 78.0 Å². The number of benzene rings is 3. The van der Waals surface area contributed by atoms with Crippen molar-refractivity contribution < 1.29 is 26.7 Å². The maximum absolute atomic E-state index is 14.1. The van der Waals surface area contributed by atoms with Gasteiger partial charge >= 0.3 is 0 Å². The third kappa shape index (κ3) is 4.96. The van der Waals surface area contributed by atoms with Crippen molar-refractivity contribution in [2.45, 2.75) is 0 Å². The number of nitrogens with one attached hydrogen (secondary N) is 3. The number of methoxy groups -OCH3 is 1. The summed E-state index contributed by atoms with van der Waals surface area (Å²) in [7, 11) is -2.12. The Bertz CT molecular complexity index is 1480. The van der Waals surface area contributed by atoms with Gasteiger partial charge in [0.15, 0.2) is 0 Å². The van der Waals surface area contributed by atoms with Crippen LogP contribution in [0.1, 0.15) is 10.5 Å². The van der Waals surface area contributed by atoms with Crippen molar-refractivity contribution in [3.63, 3.8) is 0 Å². The Morgan fingerprint density at radius 3 is 2.52 bits per heavy atom. The van der Waals surface area contributed by atoms with Gasteiger partial charge in [-0.3, -0.25) is 9.52 Å². The highest BCUT2D eigenvalue weighted by atomic mass is 32.2. The lowest BCUT2D eigenvalue weighted by Crippen LogP contribution is -2.12. The summed E-state index contributed by atoms with van der Waals surface area (Å²) in [6, 6.07) is 14.5. The maximum Gasteiger partial charge on any atom is 0.272 e. The van der Waals surface area contributed by atoms with Crippen LogP contribution < -0.4 is 14.8 Å². The zero-order chi connectivity index (χ0) is 23.8. The molecule has 0 atom stereocenters. The first-order chi connectivity index (χ1) is 15.6. The van der Waals surface area contributed by atoms with E-state index in [1.807, 2.05) is 0 Å². The Kier molecular flexibility index (Phi) is 5.77. The molecule has 0 aliphatic carbocycles. The number of aromatic nitrogens is 1. The molecule has 170 valence electrons. The second-order valence-corrected chi connectivity index (χ2v) is 9.10. The molecule has 3 N–H and O–H groups in total. The number of carbonyl (C=O) groups excluding carboxylic acids is 1. The molecular formula is C23H19F2N3O4S. The third-order valence-corrected chi connectivity index (χ3v) is 5.43. The number of rotatable bonds is 6. The van der Waals surface area contributed by atoms with Crippen LogP contribution >= 0.6 is 0 Å². The van der Waals surface area contributed by atoms with Crippen molar-refractivity contribution in [3.8, 4) is 16.9 Å². The molecule has 1 heterocycles. The summed E-state index contributed by atoms with van der Waals surface area (Å²) in [6.07, 6.45) is 1.02. The summed E-state index contributed by atoms with van der Waals surface area (Å²) in [6.45, 7) is 0. The van der Waals surface area contributed by atoms with Crippen LogP contribution in [0.5, 0.6) is 5.75 Å².